The molecule has 0 unspecified atom stereocenters. The second kappa shape index (κ2) is 7.11. The van der Waals surface area contributed by atoms with E-state index in [2.05, 4.69) is 5.32 Å². The quantitative estimate of drug-likeness (QED) is 0.809. The molecule has 0 aliphatic heterocycles. The zero-order chi connectivity index (χ0) is 20.7. The van der Waals surface area contributed by atoms with Gasteiger partial charge in [-0.15, -0.1) is 0 Å². The number of carbonyl (C=O) groups excluding carboxylic acids is 2. The number of hydrogen-bond acceptors (Lipinski definition) is 3. The van der Waals surface area contributed by atoms with E-state index < -0.39 is 23.1 Å². The van der Waals surface area contributed by atoms with Crippen LogP contribution in [0.3, 0.4) is 0 Å². The SMILES string of the molecule is Cc1c(C(=O)NCC(C)(C)c2cccc(C(F)(F)F)c2)oc2c1C(=O)CCC2. The molecule has 0 radical (unpaired) electrons. The first-order valence-corrected chi connectivity index (χ1v) is 9.12. The molecule has 0 fully saturated rings. The van der Waals surface area contributed by atoms with Crippen molar-refractivity contribution in [3.63, 3.8) is 0 Å². The van der Waals surface area contributed by atoms with Crippen LogP contribution in [-0.4, -0.2) is 18.2 Å². The number of fused-ring (bicyclic) bond motifs is 1. The van der Waals surface area contributed by atoms with E-state index in [1.807, 2.05) is 0 Å². The summed E-state index contributed by atoms with van der Waals surface area (Å²) < 4.78 is 44.5. The topological polar surface area (TPSA) is 59.3 Å². The Kier molecular flexibility index (Phi) is 5.12. The summed E-state index contributed by atoms with van der Waals surface area (Å²) in [5, 5.41) is 2.74. The molecule has 0 spiro atoms. The third-order valence-corrected chi connectivity index (χ3v) is 5.17. The number of furan rings is 1. The Balaban J connectivity index is 1.77. The molecule has 1 heterocycles. The number of Topliss-reactive ketones (excluding diaryl/α,β-unsaturated/α-hetero) is 1. The Morgan fingerprint density at radius 3 is 2.50 bits per heavy atom. The van der Waals surface area contributed by atoms with Gasteiger partial charge in [0.1, 0.15) is 5.76 Å². The second-order valence-corrected chi connectivity index (χ2v) is 7.78. The molecule has 1 aliphatic carbocycles. The summed E-state index contributed by atoms with van der Waals surface area (Å²) in [7, 11) is 0. The third kappa shape index (κ3) is 3.84. The molecule has 28 heavy (non-hydrogen) atoms. The third-order valence-electron chi connectivity index (χ3n) is 5.17. The monoisotopic (exact) mass is 393 g/mol. The van der Waals surface area contributed by atoms with Crippen LogP contribution in [0.1, 0.15) is 70.1 Å². The summed E-state index contributed by atoms with van der Waals surface area (Å²) >= 11 is 0. The van der Waals surface area contributed by atoms with Gasteiger partial charge in [0, 0.05) is 30.4 Å². The van der Waals surface area contributed by atoms with Crippen LogP contribution >= 0.6 is 0 Å². The number of amides is 1. The van der Waals surface area contributed by atoms with Gasteiger partial charge in [0.15, 0.2) is 11.5 Å². The summed E-state index contributed by atoms with van der Waals surface area (Å²) in [5.74, 6) is 0.140. The first kappa shape index (κ1) is 20.2. The molecule has 3 rings (SSSR count). The largest absolute Gasteiger partial charge is 0.455 e. The standard InChI is InChI=1S/C21H22F3NO3/c1-12-17-15(26)8-5-9-16(17)28-18(12)19(27)25-11-20(2,3)13-6-4-7-14(10-13)21(22,23)24/h4,6-7,10H,5,8-9,11H2,1-3H3,(H,25,27). The van der Waals surface area contributed by atoms with E-state index in [0.29, 0.717) is 41.7 Å². The molecule has 1 amide bonds. The fourth-order valence-electron chi connectivity index (χ4n) is 3.47. The molecule has 0 bridgehead atoms. The van der Waals surface area contributed by atoms with E-state index in [4.69, 9.17) is 4.42 Å². The molecule has 1 aromatic heterocycles. The maximum absolute atomic E-state index is 13.0. The lowest BCUT2D eigenvalue weighted by Gasteiger charge is -2.26. The zero-order valence-corrected chi connectivity index (χ0v) is 16.0. The molecule has 2 aromatic rings. The Bertz CT molecular complexity index is 925. The number of hydrogen-bond donors (Lipinski definition) is 1. The van der Waals surface area contributed by atoms with Crippen LogP contribution in [0.25, 0.3) is 0 Å². The summed E-state index contributed by atoms with van der Waals surface area (Å²) in [6.45, 7) is 5.31. The molecule has 150 valence electrons. The van der Waals surface area contributed by atoms with Crippen LogP contribution < -0.4 is 5.32 Å². The van der Waals surface area contributed by atoms with Gasteiger partial charge in [-0.3, -0.25) is 9.59 Å². The van der Waals surface area contributed by atoms with E-state index >= 15 is 0 Å². The molecule has 0 saturated heterocycles. The Morgan fingerprint density at radius 2 is 1.86 bits per heavy atom. The van der Waals surface area contributed by atoms with Crippen molar-refractivity contribution in [3.8, 4) is 0 Å². The predicted molar refractivity (Wildman–Crippen MR) is 97.5 cm³/mol. The van der Waals surface area contributed by atoms with Crippen molar-refractivity contribution in [3.05, 3.63) is 58.0 Å². The van der Waals surface area contributed by atoms with Gasteiger partial charge in [-0.1, -0.05) is 32.0 Å². The highest BCUT2D eigenvalue weighted by Gasteiger charge is 2.33. The smallest absolute Gasteiger partial charge is 0.416 e. The van der Waals surface area contributed by atoms with Gasteiger partial charge in [0.25, 0.3) is 5.91 Å². The fourth-order valence-corrected chi connectivity index (χ4v) is 3.47. The predicted octanol–water partition coefficient (Wildman–Crippen LogP) is 4.83. The van der Waals surface area contributed by atoms with Crippen LogP contribution in [0.15, 0.2) is 28.7 Å². The maximum Gasteiger partial charge on any atom is 0.416 e. The van der Waals surface area contributed by atoms with Crippen molar-refractivity contribution < 1.29 is 27.2 Å². The van der Waals surface area contributed by atoms with E-state index in [1.165, 1.54) is 6.07 Å². The number of carbonyl (C=O) groups is 2. The van der Waals surface area contributed by atoms with E-state index in [0.717, 1.165) is 12.1 Å². The van der Waals surface area contributed by atoms with Crippen molar-refractivity contribution in [2.45, 2.75) is 51.6 Å². The van der Waals surface area contributed by atoms with Crippen molar-refractivity contribution in [1.29, 1.82) is 0 Å². The molecule has 7 heteroatoms. The van der Waals surface area contributed by atoms with E-state index in [1.54, 1.807) is 26.8 Å². The minimum absolute atomic E-state index is 0.0224. The lowest BCUT2D eigenvalue weighted by molar-refractivity contribution is -0.137. The molecule has 1 aliphatic rings. The van der Waals surface area contributed by atoms with Crippen LogP contribution in [0, 0.1) is 6.92 Å². The molecule has 0 saturated carbocycles. The first-order valence-electron chi connectivity index (χ1n) is 9.12. The average molecular weight is 393 g/mol. The Labute approximate surface area is 161 Å². The zero-order valence-electron chi connectivity index (χ0n) is 16.0. The minimum Gasteiger partial charge on any atom is -0.455 e. The summed E-state index contributed by atoms with van der Waals surface area (Å²) in [6.07, 6.45) is -2.67. The normalized spacial score (nSPS) is 14.7. The number of rotatable bonds is 4. The average Bonchev–Trinajstić information content (AvgIpc) is 2.97. The number of nitrogens with one attached hydrogen (secondary N) is 1. The van der Waals surface area contributed by atoms with Gasteiger partial charge < -0.3 is 9.73 Å². The van der Waals surface area contributed by atoms with Gasteiger partial charge in [-0.05, 0) is 25.0 Å². The molecule has 1 aromatic carbocycles. The molecule has 0 atom stereocenters. The summed E-state index contributed by atoms with van der Waals surface area (Å²) in [5.41, 5.74) is 0.0284. The minimum atomic E-state index is -4.42. The van der Waals surface area contributed by atoms with Gasteiger partial charge >= 0.3 is 6.18 Å². The van der Waals surface area contributed by atoms with Crippen LogP contribution in [0.5, 0.6) is 0 Å². The highest BCUT2D eigenvalue weighted by molar-refractivity contribution is 6.03. The van der Waals surface area contributed by atoms with Crippen molar-refractivity contribution in [2.75, 3.05) is 6.54 Å². The Morgan fingerprint density at radius 1 is 1.18 bits per heavy atom. The fraction of sp³-hybridized carbons (Fsp3) is 0.429. The second-order valence-electron chi connectivity index (χ2n) is 7.78. The lowest BCUT2D eigenvalue weighted by Crippen LogP contribution is -2.37. The van der Waals surface area contributed by atoms with Crippen LogP contribution in [0.2, 0.25) is 0 Å². The van der Waals surface area contributed by atoms with E-state index in [-0.39, 0.29) is 18.1 Å². The number of halogens is 3. The number of alkyl halides is 3. The maximum atomic E-state index is 13.0. The summed E-state index contributed by atoms with van der Waals surface area (Å²) in [6, 6.07) is 5.09. The van der Waals surface area contributed by atoms with E-state index in [9.17, 15) is 22.8 Å². The van der Waals surface area contributed by atoms with Gasteiger partial charge in [-0.25, -0.2) is 0 Å². The van der Waals surface area contributed by atoms with Crippen molar-refractivity contribution in [2.24, 2.45) is 0 Å². The van der Waals surface area contributed by atoms with Gasteiger partial charge in [0.2, 0.25) is 0 Å². The van der Waals surface area contributed by atoms with Crippen LogP contribution in [0.4, 0.5) is 13.2 Å². The lowest BCUT2D eigenvalue weighted by atomic mass is 9.83. The molecular weight excluding hydrogens is 371 g/mol. The highest BCUT2D eigenvalue weighted by atomic mass is 19.4. The first-order chi connectivity index (χ1) is 13.0. The highest BCUT2D eigenvalue weighted by Crippen LogP contribution is 2.33. The number of benzene rings is 1. The summed E-state index contributed by atoms with van der Waals surface area (Å²) in [4.78, 5) is 24.7. The Hall–Kier alpha value is -2.57. The van der Waals surface area contributed by atoms with Crippen LogP contribution in [-0.2, 0) is 18.0 Å². The molecule has 1 N–H and O–H groups in total. The number of aryl methyl sites for hydroxylation is 1. The van der Waals surface area contributed by atoms with Crippen molar-refractivity contribution in [1.82, 2.24) is 5.32 Å². The van der Waals surface area contributed by atoms with Gasteiger partial charge in [0.05, 0.1) is 11.1 Å². The van der Waals surface area contributed by atoms with Crippen molar-refractivity contribution >= 4 is 11.7 Å². The number of ketones is 1. The molecule has 4 nitrogen and oxygen atoms in total. The van der Waals surface area contributed by atoms with Gasteiger partial charge in [-0.2, -0.15) is 13.2 Å². The molecular formula is C21H22F3NO3.